The Morgan fingerprint density at radius 1 is 1.03 bits per heavy atom. The average molecular weight is 486 g/mol. The lowest BCUT2D eigenvalue weighted by Crippen LogP contribution is -2.36. The molecule has 0 aromatic heterocycles. The second-order valence-corrected chi connectivity index (χ2v) is 9.21. The van der Waals surface area contributed by atoms with Gasteiger partial charge in [-0.05, 0) is 60.3 Å². The van der Waals surface area contributed by atoms with Crippen molar-refractivity contribution in [3.05, 3.63) is 77.3 Å². The normalized spacial score (nSPS) is 13.3. The summed E-state index contributed by atoms with van der Waals surface area (Å²) in [7, 11) is 0. The fourth-order valence-electron chi connectivity index (χ4n) is 3.58. The Balaban J connectivity index is 1.37. The maximum Gasteiger partial charge on any atom is 0.138 e. The molecule has 3 aromatic rings. The van der Waals surface area contributed by atoms with Gasteiger partial charge in [0.15, 0.2) is 0 Å². The molecule has 0 atom stereocenters. The van der Waals surface area contributed by atoms with Gasteiger partial charge in [-0.1, -0.05) is 54.1 Å². The summed E-state index contributed by atoms with van der Waals surface area (Å²) in [5, 5.41) is 21.8. The van der Waals surface area contributed by atoms with Crippen LogP contribution in [0.4, 0.5) is 5.69 Å². The first kappa shape index (κ1) is 23.9. The van der Waals surface area contributed by atoms with Crippen LogP contribution >= 0.6 is 23.5 Å². The number of aliphatic hydroxyl groups excluding tert-OH is 2. The molecule has 1 aliphatic heterocycles. The molecule has 0 unspecified atom stereocenters. The molecule has 0 amide bonds. The summed E-state index contributed by atoms with van der Waals surface area (Å²) in [5.74, 6) is 0.638. The number of hydrogen-bond donors (Lipinski definition) is 4. The topological polar surface area (TPSA) is 77.0 Å². The molecule has 8 heteroatoms. The zero-order valence-corrected chi connectivity index (χ0v) is 19.8. The number of anilines is 1. The Morgan fingerprint density at radius 2 is 1.85 bits per heavy atom. The smallest absolute Gasteiger partial charge is 0.138 e. The number of halogens is 1. The highest BCUT2D eigenvalue weighted by Crippen LogP contribution is 2.38. The molecule has 6 nitrogen and oxygen atoms in total. The lowest BCUT2D eigenvalue weighted by Gasteiger charge is -2.18. The first-order valence-electron chi connectivity index (χ1n) is 10.9. The SMILES string of the molecule is OCC(CO)NCCCOc1cccc(-c2cccc(NN3Cc4ccccc4S3)c2)c1Cl. The zero-order chi connectivity index (χ0) is 23.0. The molecule has 33 heavy (non-hydrogen) atoms. The highest BCUT2D eigenvalue weighted by atomic mass is 35.5. The van der Waals surface area contributed by atoms with Crippen LogP contribution in [0.1, 0.15) is 12.0 Å². The van der Waals surface area contributed by atoms with Crippen LogP contribution in [0, 0.1) is 0 Å². The molecule has 0 saturated carbocycles. The second-order valence-electron chi connectivity index (χ2n) is 7.76. The molecule has 174 valence electrons. The molecule has 0 bridgehead atoms. The van der Waals surface area contributed by atoms with E-state index < -0.39 is 0 Å². The Hall–Kier alpha value is -2.26. The van der Waals surface area contributed by atoms with Crippen LogP contribution in [0.2, 0.25) is 5.02 Å². The highest BCUT2D eigenvalue weighted by Gasteiger charge is 2.19. The highest BCUT2D eigenvalue weighted by molar-refractivity contribution is 7.97. The minimum atomic E-state index is -0.300. The summed E-state index contributed by atoms with van der Waals surface area (Å²) in [4.78, 5) is 1.27. The van der Waals surface area contributed by atoms with E-state index in [2.05, 4.69) is 45.5 Å². The number of hydrogen-bond acceptors (Lipinski definition) is 7. The molecular weight excluding hydrogens is 458 g/mol. The van der Waals surface area contributed by atoms with Crippen molar-refractivity contribution in [2.75, 3.05) is 31.8 Å². The van der Waals surface area contributed by atoms with Crippen molar-refractivity contribution in [1.82, 2.24) is 9.73 Å². The third-order valence-corrected chi connectivity index (χ3v) is 6.76. The van der Waals surface area contributed by atoms with E-state index in [1.54, 1.807) is 11.9 Å². The molecule has 1 aliphatic rings. The minimum absolute atomic E-state index is 0.0947. The summed E-state index contributed by atoms with van der Waals surface area (Å²) >= 11 is 8.39. The fourth-order valence-corrected chi connectivity index (χ4v) is 4.86. The lowest BCUT2D eigenvalue weighted by atomic mass is 10.0. The van der Waals surface area contributed by atoms with Gasteiger partial charge < -0.3 is 25.7 Å². The van der Waals surface area contributed by atoms with Crippen molar-refractivity contribution < 1.29 is 14.9 Å². The van der Waals surface area contributed by atoms with Gasteiger partial charge in [-0.25, -0.2) is 0 Å². The number of hydrazine groups is 1. The van der Waals surface area contributed by atoms with Gasteiger partial charge in [-0.15, -0.1) is 0 Å². The molecule has 3 aromatic carbocycles. The third-order valence-electron chi connectivity index (χ3n) is 5.34. The zero-order valence-electron chi connectivity index (χ0n) is 18.2. The Kier molecular flexibility index (Phi) is 8.50. The van der Waals surface area contributed by atoms with Crippen LogP contribution < -0.4 is 15.5 Å². The summed E-state index contributed by atoms with van der Waals surface area (Å²) in [6.07, 6.45) is 0.729. The van der Waals surface area contributed by atoms with Crippen molar-refractivity contribution in [3.8, 4) is 16.9 Å². The molecule has 0 fully saturated rings. The number of nitrogens with zero attached hydrogens (tertiary/aromatic N) is 1. The van der Waals surface area contributed by atoms with Gasteiger partial charge in [0.2, 0.25) is 0 Å². The van der Waals surface area contributed by atoms with Crippen molar-refractivity contribution in [2.45, 2.75) is 23.9 Å². The molecule has 4 N–H and O–H groups in total. The minimum Gasteiger partial charge on any atom is -0.492 e. The van der Waals surface area contributed by atoms with Gasteiger partial charge in [0, 0.05) is 10.5 Å². The van der Waals surface area contributed by atoms with Gasteiger partial charge >= 0.3 is 0 Å². The molecular formula is C25H28ClN3O3S. The van der Waals surface area contributed by atoms with E-state index in [9.17, 15) is 0 Å². The molecule has 0 radical (unpaired) electrons. The third kappa shape index (κ3) is 6.20. The van der Waals surface area contributed by atoms with E-state index >= 15 is 0 Å². The van der Waals surface area contributed by atoms with Crippen molar-refractivity contribution in [2.24, 2.45) is 0 Å². The van der Waals surface area contributed by atoms with Crippen LogP contribution in [0.5, 0.6) is 5.75 Å². The largest absolute Gasteiger partial charge is 0.492 e. The van der Waals surface area contributed by atoms with Crippen molar-refractivity contribution in [3.63, 3.8) is 0 Å². The number of ether oxygens (including phenoxy) is 1. The number of rotatable bonds is 11. The average Bonchev–Trinajstić information content (AvgIpc) is 3.25. The Morgan fingerprint density at radius 3 is 2.67 bits per heavy atom. The van der Waals surface area contributed by atoms with Gasteiger partial charge in [-0.3, -0.25) is 0 Å². The van der Waals surface area contributed by atoms with Crippen LogP contribution in [0.25, 0.3) is 11.1 Å². The van der Waals surface area contributed by atoms with E-state index in [-0.39, 0.29) is 19.3 Å². The summed E-state index contributed by atoms with van der Waals surface area (Å²) in [6, 6.07) is 22.1. The molecule has 0 aliphatic carbocycles. The van der Waals surface area contributed by atoms with Crippen LogP contribution in [-0.2, 0) is 6.54 Å². The van der Waals surface area contributed by atoms with Crippen LogP contribution in [0.15, 0.2) is 71.6 Å². The predicted molar refractivity (Wildman–Crippen MR) is 134 cm³/mol. The summed E-state index contributed by atoms with van der Waals surface area (Å²) in [5.41, 5.74) is 7.70. The van der Waals surface area contributed by atoms with Gasteiger partial charge in [-0.2, -0.15) is 4.41 Å². The Labute approximate surface area is 203 Å². The van der Waals surface area contributed by atoms with E-state index in [1.165, 1.54) is 10.5 Å². The summed E-state index contributed by atoms with van der Waals surface area (Å²) < 4.78 is 8.02. The Bertz CT molecular complexity index is 1040. The van der Waals surface area contributed by atoms with E-state index in [1.807, 2.05) is 36.4 Å². The van der Waals surface area contributed by atoms with E-state index in [0.717, 1.165) is 29.8 Å². The number of nitrogens with one attached hydrogen (secondary N) is 2. The van der Waals surface area contributed by atoms with Gasteiger partial charge in [0.1, 0.15) is 5.75 Å². The monoisotopic (exact) mass is 485 g/mol. The first-order chi connectivity index (χ1) is 16.2. The molecule has 4 rings (SSSR count). The number of benzene rings is 3. The standard InChI is InChI=1S/C25H28ClN3O3S/c26-25-22(9-4-10-23(25)32-13-5-12-27-21(16-30)17-31)18-7-3-8-20(14-18)28-29-15-19-6-1-2-11-24(19)33-29/h1-4,6-11,14,21,27-28,30-31H,5,12-13,15-17H2. The first-order valence-corrected chi connectivity index (χ1v) is 12.1. The van der Waals surface area contributed by atoms with E-state index in [4.69, 9.17) is 26.6 Å². The molecule has 0 spiro atoms. The number of aliphatic hydroxyl groups is 2. The van der Waals surface area contributed by atoms with Crippen LogP contribution in [0.3, 0.4) is 0 Å². The van der Waals surface area contributed by atoms with E-state index in [0.29, 0.717) is 23.9 Å². The van der Waals surface area contributed by atoms with Crippen LogP contribution in [-0.4, -0.2) is 47.0 Å². The van der Waals surface area contributed by atoms with Crippen molar-refractivity contribution in [1.29, 1.82) is 0 Å². The predicted octanol–water partition coefficient (Wildman–Crippen LogP) is 4.57. The molecule has 1 heterocycles. The number of fused-ring (bicyclic) bond motifs is 1. The lowest BCUT2D eigenvalue weighted by molar-refractivity contribution is 0.169. The molecule has 0 saturated heterocycles. The fraction of sp³-hybridized carbons (Fsp3) is 0.280. The van der Waals surface area contributed by atoms with Gasteiger partial charge in [0.25, 0.3) is 0 Å². The maximum absolute atomic E-state index is 9.10. The quantitative estimate of drug-likeness (QED) is 0.234. The maximum atomic E-state index is 9.10. The summed E-state index contributed by atoms with van der Waals surface area (Å²) in [6.45, 7) is 1.76. The second kappa shape index (κ2) is 11.7. The van der Waals surface area contributed by atoms with Gasteiger partial charge in [0.05, 0.1) is 43.1 Å². The van der Waals surface area contributed by atoms with Crippen molar-refractivity contribution >= 4 is 29.2 Å².